The number of hydrogen-bond acceptors (Lipinski definition) is 4. The fraction of sp³-hybridized carbons (Fsp3) is 0.471. The number of rotatable bonds is 7. The molecule has 0 bridgehead atoms. The molecule has 0 aliphatic carbocycles. The van der Waals surface area contributed by atoms with Crippen molar-refractivity contribution in [2.75, 3.05) is 13.7 Å². The molecule has 0 fully saturated rings. The Balaban J connectivity index is 2.13. The number of methoxy groups -OCH3 is 1. The van der Waals surface area contributed by atoms with E-state index in [1.54, 1.807) is 18.4 Å². The van der Waals surface area contributed by atoms with Gasteiger partial charge in [-0.05, 0) is 38.4 Å². The van der Waals surface area contributed by atoms with Crippen LogP contribution in [0.5, 0.6) is 5.75 Å². The molecule has 0 saturated carbocycles. The van der Waals surface area contributed by atoms with Crippen LogP contribution in [0.2, 0.25) is 0 Å². The van der Waals surface area contributed by atoms with Gasteiger partial charge < -0.3 is 10.1 Å². The molecule has 4 heteroatoms. The van der Waals surface area contributed by atoms with Crippen molar-refractivity contribution in [3.05, 3.63) is 45.4 Å². The Kier molecular flexibility index (Phi) is 5.76. The van der Waals surface area contributed by atoms with E-state index in [1.807, 2.05) is 6.92 Å². The van der Waals surface area contributed by atoms with E-state index in [2.05, 4.69) is 47.7 Å². The second-order valence-electron chi connectivity index (χ2n) is 5.36. The minimum atomic E-state index is 0.385. The maximum absolute atomic E-state index is 5.49. The molecule has 0 aliphatic rings. The second-order valence-corrected chi connectivity index (χ2v) is 6.30. The van der Waals surface area contributed by atoms with Gasteiger partial charge in [-0.1, -0.05) is 24.6 Å². The van der Waals surface area contributed by atoms with Crippen molar-refractivity contribution in [1.82, 2.24) is 10.3 Å². The molecule has 21 heavy (non-hydrogen) atoms. The Labute approximate surface area is 131 Å². The van der Waals surface area contributed by atoms with Crippen molar-refractivity contribution >= 4 is 11.3 Å². The van der Waals surface area contributed by atoms with Crippen LogP contribution in [0, 0.1) is 13.8 Å². The number of hydrogen-bond donors (Lipinski definition) is 1. The Hall–Kier alpha value is -1.39. The van der Waals surface area contributed by atoms with Gasteiger partial charge in [0.25, 0.3) is 0 Å². The molecule has 1 unspecified atom stereocenters. The fourth-order valence-corrected chi connectivity index (χ4v) is 3.40. The van der Waals surface area contributed by atoms with E-state index in [0.29, 0.717) is 6.04 Å². The van der Waals surface area contributed by atoms with Crippen LogP contribution in [0.3, 0.4) is 0 Å². The lowest BCUT2D eigenvalue weighted by molar-refractivity contribution is 0.404. The second kappa shape index (κ2) is 7.57. The van der Waals surface area contributed by atoms with E-state index >= 15 is 0 Å². The first-order valence-corrected chi connectivity index (χ1v) is 8.28. The number of benzene rings is 1. The largest absolute Gasteiger partial charge is 0.496 e. The van der Waals surface area contributed by atoms with Gasteiger partial charge in [0.2, 0.25) is 0 Å². The average molecular weight is 304 g/mol. The van der Waals surface area contributed by atoms with Crippen LogP contribution in [0.25, 0.3) is 0 Å². The Morgan fingerprint density at radius 3 is 2.71 bits per heavy atom. The quantitative estimate of drug-likeness (QED) is 0.849. The maximum atomic E-state index is 5.49. The summed E-state index contributed by atoms with van der Waals surface area (Å²) in [6.07, 6.45) is 1.92. The highest BCUT2D eigenvalue weighted by molar-refractivity contribution is 7.09. The first-order chi connectivity index (χ1) is 10.1. The number of likely N-dealkylation sites (N-methyl/N-ethyl adjacent to an activating group) is 1. The first-order valence-electron chi connectivity index (χ1n) is 7.40. The molecule has 0 radical (unpaired) electrons. The predicted molar refractivity (Wildman–Crippen MR) is 89.5 cm³/mol. The number of nitrogens with zero attached hydrogens (tertiary/aromatic N) is 1. The molecule has 1 N–H and O–H groups in total. The number of nitrogens with one attached hydrogen (secondary N) is 1. The average Bonchev–Trinajstić information content (AvgIpc) is 2.84. The summed E-state index contributed by atoms with van der Waals surface area (Å²) in [6, 6.07) is 6.75. The molecule has 1 aromatic carbocycles. The highest BCUT2D eigenvalue weighted by Gasteiger charge is 2.14. The topological polar surface area (TPSA) is 34.2 Å². The molecule has 2 aromatic rings. The van der Waals surface area contributed by atoms with Gasteiger partial charge in [-0.15, -0.1) is 11.3 Å². The van der Waals surface area contributed by atoms with Crippen LogP contribution in [-0.4, -0.2) is 24.7 Å². The van der Waals surface area contributed by atoms with Crippen LogP contribution >= 0.6 is 11.3 Å². The van der Waals surface area contributed by atoms with Gasteiger partial charge in [0.05, 0.1) is 12.1 Å². The summed E-state index contributed by atoms with van der Waals surface area (Å²) in [6.45, 7) is 7.28. The van der Waals surface area contributed by atoms with Crippen LogP contribution in [0.4, 0.5) is 0 Å². The van der Waals surface area contributed by atoms with E-state index in [9.17, 15) is 0 Å². The molecule has 0 saturated heterocycles. The van der Waals surface area contributed by atoms with E-state index in [-0.39, 0.29) is 0 Å². The van der Waals surface area contributed by atoms with Gasteiger partial charge in [0.15, 0.2) is 0 Å². The van der Waals surface area contributed by atoms with Crippen molar-refractivity contribution in [2.45, 2.75) is 39.7 Å². The Morgan fingerprint density at radius 1 is 1.29 bits per heavy atom. The van der Waals surface area contributed by atoms with Crippen molar-refractivity contribution in [3.8, 4) is 5.75 Å². The SMILES string of the molecule is CCNC(Cc1nc(C)cs1)Cc1cc(C)ccc1OC. The standard InChI is InChI=1S/C17H24N2OS/c1-5-18-15(10-17-19-13(3)11-21-17)9-14-8-12(2)6-7-16(14)20-4/h6-8,11,15,18H,5,9-10H2,1-4H3. The lowest BCUT2D eigenvalue weighted by atomic mass is 10.0. The monoisotopic (exact) mass is 304 g/mol. The van der Waals surface area contributed by atoms with E-state index in [0.717, 1.165) is 30.8 Å². The number of thiazole rings is 1. The molecular weight excluding hydrogens is 280 g/mol. The first kappa shape index (κ1) is 16.0. The zero-order chi connectivity index (χ0) is 15.2. The van der Waals surface area contributed by atoms with Crippen LogP contribution in [0.1, 0.15) is 28.8 Å². The van der Waals surface area contributed by atoms with Crippen LogP contribution in [0.15, 0.2) is 23.6 Å². The summed E-state index contributed by atoms with van der Waals surface area (Å²) in [5.74, 6) is 0.971. The third kappa shape index (κ3) is 4.55. The molecule has 2 rings (SSSR count). The summed E-state index contributed by atoms with van der Waals surface area (Å²) < 4.78 is 5.49. The van der Waals surface area contributed by atoms with Gasteiger partial charge in [-0.25, -0.2) is 4.98 Å². The van der Waals surface area contributed by atoms with E-state index in [1.165, 1.54) is 16.1 Å². The normalized spacial score (nSPS) is 12.4. The minimum Gasteiger partial charge on any atom is -0.496 e. The van der Waals surface area contributed by atoms with E-state index < -0.39 is 0 Å². The lowest BCUT2D eigenvalue weighted by Gasteiger charge is -2.19. The molecule has 0 aliphatic heterocycles. The molecule has 0 spiro atoms. The molecule has 1 heterocycles. The number of aromatic nitrogens is 1. The van der Waals surface area contributed by atoms with Crippen molar-refractivity contribution in [2.24, 2.45) is 0 Å². The molecule has 114 valence electrons. The molecule has 1 atom stereocenters. The van der Waals surface area contributed by atoms with E-state index in [4.69, 9.17) is 4.74 Å². The maximum Gasteiger partial charge on any atom is 0.122 e. The summed E-state index contributed by atoms with van der Waals surface area (Å²) in [7, 11) is 1.74. The summed E-state index contributed by atoms with van der Waals surface area (Å²) >= 11 is 1.75. The highest BCUT2D eigenvalue weighted by Crippen LogP contribution is 2.22. The zero-order valence-electron chi connectivity index (χ0n) is 13.3. The number of aryl methyl sites for hydroxylation is 2. The summed E-state index contributed by atoms with van der Waals surface area (Å²) in [5.41, 5.74) is 3.64. The molecule has 3 nitrogen and oxygen atoms in total. The highest BCUT2D eigenvalue weighted by atomic mass is 32.1. The van der Waals surface area contributed by atoms with Gasteiger partial charge in [0.1, 0.15) is 5.75 Å². The van der Waals surface area contributed by atoms with Gasteiger partial charge >= 0.3 is 0 Å². The third-order valence-corrected chi connectivity index (χ3v) is 4.47. The molecule has 0 amide bonds. The fourth-order valence-electron chi connectivity index (χ4n) is 2.54. The minimum absolute atomic E-state index is 0.385. The Morgan fingerprint density at radius 2 is 2.10 bits per heavy atom. The summed E-state index contributed by atoms with van der Waals surface area (Å²) in [5, 5.41) is 6.89. The smallest absolute Gasteiger partial charge is 0.122 e. The van der Waals surface area contributed by atoms with Gasteiger partial charge in [0, 0.05) is 23.5 Å². The van der Waals surface area contributed by atoms with Crippen molar-refractivity contribution in [3.63, 3.8) is 0 Å². The number of ether oxygens (including phenoxy) is 1. The Bertz CT molecular complexity index is 580. The molecular formula is C17H24N2OS. The lowest BCUT2D eigenvalue weighted by Crippen LogP contribution is -2.33. The predicted octanol–water partition coefficient (Wildman–Crippen LogP) is 3.53. The van der Waals surface area contributed by atoms with Crippen molar-refractivity contribution in [1.29, 1.82) is 0 Å². The van der Waals surface area contributed by atoms with Gasteiger partial charge in [-0.2, -0.15) is 0 Å². The zero-order valence-corrected chi connectivity index (χ0v) is 14.1. The third-order valence-electron chi connectivity index (χ3n) is 3.48. The molecule has 1 aromatic heterocycles. The van der Waals surface area contributed by atoms with Crippen LogP contribution < -0.4 is 10.1 Å². The van der Waals surface area contributed by atoms with Crippen molar-refractivity contribution < 1.29 is 4.74 Å². The van der Waals surface area contributed by atoms with Gasteiger partial charge in [-0.3, -0.25) is 0 Å². The summed E-state index contributed by atoms with van der Waals surface area (Å²) in [4.78, 5) is 4.58. The van der Waals surface area contributed by atoms with Crippen LogP contribution in [-0.2, 0) is 12.8 Å².